The number of carboxylic acid groups (broad SMARTS) is 1. The van der Waals surface area contributed by atoms with E-state index >= 15 is 8.78 Å². The molecule has 15 nitrogen and oxygen atoms in total. The molecule has 0 bridgehead atoms. The van der Waals surface area contributed by atoms with Crippen molar-refractivity contribution in [2.45, 2.75) is 123 Å². The molecule has 2 atom stereocenters. The molecule has 2 aliphatic heterocycles. The van der Waals surface area contributed by atoms with E-state index in [4.69, 9.17) is 52.9 Å². The van der Waals surface area contributed by atoms with E-state index in [9.17, 15) is 41.8 Å². The minimum Gasteiger partial charge on any atom is -0.486 e. The minimum absolute atomic E-state index is 0. The first kappa shape index (κ1) is 76.9. The highest BCUT2D eigenvalue weighted by molar-refractivity contribution is 7.59. The average Bonchev–Trinajstić information content (AvgIpc) is 1.58. The number of carbonyl (C=O) groups is 4. The second-order valence-electron chi connectivity index (χ2n) is 26.0. The van der Waals surface area contributed by atoms with Gasteiger partial charge in [0.15, 0.2) is 23.1 Å². The number of hydrogen-bond donors (Lipinski definition) is 3. The monoisotopic (exact) mass is 1450 g/mol. The van der Waals surface area contributed by atoms with Crippen LogP contribution in [0.15, 0.2) is 146 Å². The summed E-state index contributed by atoms with van der Waals surface area (Å²) in [5.41, 5.74) is 9.65. The molecule has 2 fully saturated rings. The number of halogens is 8. The molecule has 0 spiro atoms. The SMILES string of the molecule is CC(C)(C)OC(=O)c1ccc(N)c(N(C[C@@H]2CCCN2C(=O)OC(C)(C)C)C(=O)Cc2ccc(-c3ccc(F)c(OCc4ccc(Cl)cc4F)c3)cc2F)c1.O=C(O)c1ccc2nc(Cc3ccc(-c4ccc(F)c(OCc5ccc(Cl)cc5F)c4)cc3F)n(C[C@@H]3CCCN3)c2c1.S.S. The number of amides is 2. The normalized spacial score (nSPS) is 14.3. The third-order valence-electron chi connectivity index (χ3n) is 16.4. The molecule has 1 aromatic heterocycles. The molecule has 528 valence electrons. The van der Waals surface area contributed by atoms with Gasteiger partial charge in [0.25, 0.3) is 0 Å². The summed E-state index contributed by atoms with van der Waals surface area (Å²) < 4.78 is 113. The van der Waals surface area contributed by atoms with Gasteiger partial charge >= 0.3 is 18.0 Å². The van der Waals surface area contributed by atoms with Crippen molar-refractivity contribution >= 4 is 96.5 Å². The summed E-state index contributed by atoms with van der Waals surface area (Å²) in [4.78, 5) is 59.8. The molecule has 100 heavy (non-hydrogen) atoms. The fourth-order valence-electron chi connectivity index (χ4n) is 11.5. The van der Waals surface area contributed by atoms with E-state index in [0.29, 0.717) is 70.6 Å². The lowest BCUT2D eigenvalue weighted by Crippen LogP contribution is -2.47. The first-order valence-corrected chi connectivity index (χ1v) is 32.5. The van der Waals surface area contributed by atoms with Crippen LogP contribution in [0.5, 0.6) is 11.5 Å². The Balaban J connectivity index is 0.000000256. The zero-order valence-corrected chi connectivity index (χ0v) is 59.1. The molecule has 3 heterocycles. The lowest BCUT2D eigenvalue weighted by atomic mass is 10.0. The smallest absolute Gasteiger partial charge is 0.410 e. The second kappa shape index (κ2) is 33.1. The van der Waals surface area contributed by atoms with Crippen LogP contribution in [-0.4, -0.2) is 86.4 Å². The van der Waals surface area contributed by atoms with Crippen molar-refractivity contribution in [1.82, 2.24) is 19.8 Å². The number of ether oxygens (including phenoxy) is 4. The van der Waals surface area contributed by atoms with Gasteiger partial charge in [0.05, 0.1) is 46.0 Å². The maximum absolute atomic E-state index is 15.8. The molecule has 0 radical (unpaired) electrons. The van der Waals surface area contributed by atoms with Crippen molar-refractivity contribution in [2.75, 3.05) is 30.3 Å². The molecule has 25 heteroatoms. The highest BCUT2D eigenvalue weighted by atomic mass is 35.5. The Bertz CT molecular complexity index is 4490. The molecule has 11 rings (SSSR count). The molecule has 8 aromatic carbocycles. The first-order chi connectivity index (χ1) is 46.5. The quantitative estimate of drug-likeness (QED) is 0.0395. The van der Waals surface area contributed by atoms with E-state index in [1.807, 2.05) is 4.57 Å². The summed E-state index contributed by atoms with van der Waals surface area (Å²) in [5.74, 6) is -5.45. The van der Waals surface area contributed by atoms with Crippen LogP contribution in [0.4, 0.5) is 42.5 Å². The van der Waals surface area contributed by atoms with Crippen LogP contribution in [0.2, 0.25) is 10.0 Å². The van der Waals surface area contributed by atoms with Gasteiger partial charge in [-0.1, -0.05) is 71.7 Å². The molecule has 0 unspecified atom stereocenters. The van der Waals surface area contributed by atoms with E-state index < -0.39 is 82.5 Å². The van der Waals surface area contributed by atoms with Crippen molar-refractivity contribution in [3.05, 3.63) is 230 Å². The summed E-state index contributed by atoms with van der Waals surface area (Å²) in [6.45, 7) is 11.9. The predicted octanol–water partition coefficient (Wildman–Crippen LogP) is 17.1. The first-order valence-electron chi connectivity index (χ1n) is 31.7. The van der Waals surface area contributed by atoms with E-state index in [-0.39, 0.29) is 120 Å². The Labute approximate surface area is 599 Å². The van der Waals surface area contributed by atoms with Gasteiger partial charge < -0.3 is 49.5 Å². The van der Waals surface area contributed by atoms with Crippen molar-refractivity contribution in [3.8, 4) is 33.8 Å². The Morgan fingerprint density at radius 2 is 1.14 bits per heavy atom. The maximum atomic E-state index is 15.8. The molecule has 2 saturated heterocycles. The largest absolute Gasteiger partial charge is 0.486 e. The lowest BCUT2D eigenvalue weighted by Gasteiger charge is -2.33. The van der Waals surface area contributed by atoms with Gasteiger partial charge in [-0.05, 0) is 204 Å². The van der Waals surface area contributed by atoms with E-state index in [2.05, 4.69) is 5.32 Å². The third-order valence-corrected chi connectivity index (χ3v) is 16.9. The third kappa shape index (κ3) is 19.6. The summed E-state index contributed by atoms with van der Waals surface area (Å²) in [6.07, 6.45) is 2.55. The number of rotatable bonds is 19. The number of aromatic carboxylic acids is 1. The Kier molecular flexibility index (Phi) is 25.4. The summed E-state index contributed by atoms with van der Waals surface area (Å²) in [6, 6.07) is 34.4. The Morgan fingerprint density at radius 1 is 0.610 bits per heavy atom. The van der Waals surface area contributed by atoms with Gasteiger partial charge in [-0.3, -0.25) is 4.79 Å². The zero-order valence-electron chi connectivity index (χ0n) is 55.6. The fraction of sp³-hybridized carbons (Fsp3) is 0.293. The van der Waals surface area contributed by atoms with Crippen LogP contribution < -0.4 is 25.4 Å². The van der Waals surface area contributed by atoms with Crippen LogP contribution in [-0.2, 0) is 46.9 Å². The number of aromatic nitrogens is 2. The molecule has 0 saturated carbocycles. The van der Waals surface area contributed by atoms with Crippen LogP contribution in [0.1, 0.15) is 116 Å². The second-order valence-corrected chi connectivity index (χ2v) is 26.9. The summed E-state index contributed by atoms with van der Waals surface area (Å²) >= 11 is 11.6. The Hall–Kier alpha value is -8.87. The number of fused-ring (bicyclic) bond motifs is 1. The molecule has 9 aromatic rings. The predicted molar refractivity (Wildman–Crippen MR) is 384 cm³/mol. The number of benzene rings is 8. The highest BCUT2D eigenvalue weighted by Crippen LogP contribution is 2.35. The average molecular weight is 1450 g/mol. The number of nitrogens with zero attached hydrogens (tertiary/aromatic N) is 4. The van der Waals surface area contributed by atoms with Gasteiger partial charge in [0, 0.05) is 53.3 Å². The fourth-order valence-corrected chi connectivity index (χ4v) is 11.8. The van der Waals surface area contributed by atoms with Gasteiger partial charge in [-0.2, -0.15) is 27.0 Å². The molecule has 0 aliphatic carbocycles. The van der Waals surface area contributed by atoms with Gasteiger partial charge in [-0.15, -0.1) is 0 Å². The van der Waals surface area contributed by atoms with Crippen molar-refractivity contribution in [2.24, 2.45) is 0 Å². The molecular weight excluding hydrogens is 1380 g/mol. The van der Waals surface area contributed by atoms with Crippen molar-refractivity contribution in [1.29, 1.82) is 0 Å². The number of hydrogen-bond acceptors (Lipinski definition) is 11. The highest BCUT2D eigenvalue weighted by Gasteiger charge is 2.36. The van der Waals surface area contributed by atoms with Crippen LogP contribution in [0.25, 0.3) is 33.3 Å². The van der Waals surface area contributed by atoms with E-state index in [1.54, 1.807) is 76.8 Å². The molecule has 2 aliphatic rings. The van der Waals surface area contributed by atoms with E-state index in [0.717, 1.165) is 37.6 Å². The number of nitrogens with one attached hydrogen (secondary N) is 1. The number of anilines is 2. The van der Waals surface area contributed by atoms with Gasteiger partial charge in [-0.25, -0.2) is 45.7 Å². The van der Waals surface area contributed by atoms with Gasteiger partial charge in [0.2, 0.25) is 5.91 Å². The summed E-state index contributed by atoms with van der Waals surface area (Å²) in [7, 11) is 0. The number of imidazole rings is 1. The minimum atomic E-state index is -1.02. The number of esters is 1. The van der Waals surface area contributed by atoms with Crippen LogP contribution in [0.3, 0.4) is 0 Å². The van der Waals surface area contributed by atoms with Crippen molar-refractivity contribution < 1.29 is 69.6 Å². The van der Waals surface area contributed by atoms with Crippen LogP contribution >= 0.6 is 50.2 Å². The van der Waals surface area contributed by atoms with E-state index in [1.165, 1.54) is 102 Å². The number of carboxylic acids is 1. The molecule has 4 N–H and O–H groups in total. The number of likely N-dealkylation sites (tertiary alicyclic amines) is 1. The number of carbonyl (C=O) groups excluding carboxylic acids is 3. The lowest BCUT2D eigenvalue weighted by molar-refractivity contribution is -0.118. The van der Waals surface area contributed by atoms with Gasteiger partial charge in [0.1, 0.15) is 53.5 Å². The molecular formula is C75H76Cl2F6N6O9S2. The number of nitrogens with two attached hydrogens (primary N) is 1. The number of nitrogen functional groups attached to an aromatic ring is 1. The topological polar surface area (TPSA) is 188 Å². The zero-order chi connectivity index (χ0) is 70.3. The maximum Gasteiger partial charge on any atom is 0.410 e. The summed E-state index contributed by atoms with van der Waals surface area (Å²) in [5, 5.41) is 13.4. The Morgan fingerprint density at radius 3 is 1.67 bits per heavy atom. The molecule has 2 amide bonds. The standard InChI is InChI=1S/C42H45ClF3N3O6.C33H27ClF3N3O3.2H2S/c1-41(2,3)54-39(51)28-13-16-35(47)36(19-28)49(23-31-8-7-17-48(31)40(52)55-42(4,5)6)38(50)21-27-10-9-25(18-33(27)45)26-12-15-32(44)37(20-26)53-24-29-11-14-30(43)22-34(29)46;34-24-8-5-23(28(37)16-24)18-43-31-14-20(6-9-26(31)35)19-3-4-21(27(36)12-19)15-32-39-29-10-7-22(33(41)42)13-30(29)40(32)17-25-2-1-11-38-25;;/h9-16,18-20,22,31H,7-8,17,21,23-24,47H2,1-6H3;3-10,12-14,16,25,38H,1-2,11,15,17-18H2,(H,41,42);2*1H2/t31-;25-;;/m00../s1. The van der Waals surface area contributed by atoms with Crippen LogP contribution in [0, 0.1) is 34.9 Å². The van der Waals surface area contributed by atoms with Crippen molar-refractivity contribution in [3.63, 3.8) is 0 Å².